The highest BCUT2D eigenvalue weighted by Crippen LogP contribution is 2.36. The van der Waals surface area contributed by atoms with Crippen molar-refractivity contribution in [2.75, 3.05) is 0 Å². The van der Waals surface area contributed by atoms with Crippen molar-refractivity contribution in [3.05, 3.63) is 0 Å². The molecular formula is C13H27NO2S. The van der Waals surface area contributed by atoms with Crippen LogP contribution in [0, 0.1) is 5.41 Å². The predicted octanol–water partition coefficient (Wildman–Crippen LogP) is 3.06. The first-order valence-corrected chi connectivity index (χ1v) is 8.08. The van der Waals surface area contributed by atoms with Crippen LogP contribution in [0.5, 0.6) is 0 Å². The van der Waals surface area contributed by atoms with Crippen LogP contribution in [0.15, 0.2) is 0 Å². The van der Waals surface area contributed by atoms with E-state index in [-0.39, 0.29) is 11.5 Å². The lowest BCUT2D eigenvalue weighted by molar-refractivity contribution is 0.295. The summed E-state index contributed by atoms with van der Waals surface area (Å²) in [5.41, 5.74) is -0.270. The Morgan fingerprint density at radius 3 is 1.82 bits per heavy atom. The standard InChI is InChI=1S/C13H27NO2S/c1-12(2,3)13(4,5)17(15,16)14-11-9-7-6-8-10-11/h11,14H,6-10H2,1-5H3. The zero-order chi connectivity index (χ0) is 13.3. The molecule has 0 aromatic heterocycles. The molecular weight excluding hydrogens is 234 g/mol. The molecule has 0 unspecified atom stereocenters. The molecule has 1 aliphatic rings. The van der Waals surface area contributed by atoms with Crippen LogP contribution < -0.4 is 4.72 Å². The van der Waals surface area contributed by atoms with Crippen LogP contribution in [-0.2, 0) is 10.0 Å². The van der Waals surface area contributed by atoms with Crippen molar-refractivity contribution in [2.24, 2.45) is 5.41 Å². The Labute approximate surface area is 106 Å². The Balaban J connectivity index is 2.80. The SMILES string of the molecule is CC(C)(C)C(C)(C)S(=O)(=O)NC1CCCCC1. The van der Waals surface area contributed by atoms with Gasteiger partial charge in [0.25, 0.3) is 0 Å². The molecule has 4 heteroatoms. The average Bonchev–Trinajstić information content (AvgIpc) is 2.16. The van der Waals surface area contributed by atoms with Crippen molar-refractivity contribution in [2.45, 2.75) is 77.5 Å². The minimum atomic E-state index is -3.27. The molecule has 0 radical (unpaired) electrons. The van der Waals surface area contributed by atoms with Gasteiger partial charge < -0.3 is 0 Å². The number of hydrogen-bond acceptors (Lipinski definition) is 2. The van der Waals surface area contributed by atoms with E-state index in [1.807, 2.05) is 34.6 Å². The lowest BCUT2D eigenvalue weighted by Gasteiger charge is -2.39. The van der Waals surface area contributed by atoms with E-state index in [1.54, 1.807) is 0 Å². The number of sulfonamides is 1. The summed E-state index contributed by atoms with van der Waals surface area (Å²) in [6.45, 7) is 9.57. The van der Waals surface area contributed by atoms with E-state index in [4.69, 9.17) is 0 Å². The van der Waals surface area contributed by atoms with Crippen LogP contribution in [0.25, 0.3) is 0 Å². The summed E-state index contributed by atoms with van der Waals surface area (Å²) in [4.78, 5) is 0. The minimum Gasteiger partial charge on any atom is -0.212 e. The third-order valence-corrected chi connectivity index (χ3v) is 7.00. The molecule has 1 saturated carbocycles. The molecule has 1 rings (SSSR count). The summed E-state index contributed by atoms with van der Waals surface area (Å²) in [6, 6.07) is 0.148. The van der Waals surface area contributed by atoms with Gasteiger partial charge in [-0.25, -0.2) is 13.1 Å². The van der Waals surface area contributed by atoms with E-state index in [0.717, 1.165) is 25.7 Å². The maximum atomic E-state index is 12.5. The molecule has 17 heavy (non-hydrogen) atoms. The lowest BCUT2D eigenvalue weighted by Crippen LogP contribution is -2.53. The van der Waals surface area contributed by atoms with E-state index in [0.29, 0.717) is 0 Å². The van der Waals surface area contributed by atoms with Gasteiger partial charge in [0.2, 0.25) is 10.0 Å². The molecule has 1 fully saturated rings. The second kappa shape index (κ2) is 4.88. The maximum absolute atomic E-state index is 12.5. The minimum absolute atomic E-state index is 0.148. The third kappa shape index (κ3) is 3.22. The molecule has 1 N–H and O–H groups in total. The molecule has 102 valence electrons. The fraction of sp³-hybridized carbons (Fsp3) is 1.00. The van der Waals surface area contributed by atoms with Gasteiger partial charge in [-0.05, 0) is 32.1 Å². The van der Waals surface area contributed by atoms with E-state index >= 15 is 0 Å². The van der Waals surface area contributed by atoms with Gasteiger partial charge in [-0.15, -0.1) is 0 Å². The van der Waals surface area contributed by atoms with Gasteiger partial charge in [0.15, 0.2) is 0 Å². The van der Waals surface area contributed by atoms with Gasteiger partial charge in [0.05, 0.1) is 4.75 Å². The number of hydrogen-bond donors (Lipinski definition) is 1. The first kappa shape index (κ1) is 15.0. The van der Waals surface area contributed by atoms with Crippen molar-refractivity contribution < 1.29 is 8.42 Å². The van der Waals surface area contributed by atoms with Gasteiger partial charge in [-0.2, -0.15) is 0 Å². The normalized spacial score (nSPS) is 20.5. The number of rotatable bonds is 3. The summed E-state index contributed by atoms with van der Waals surface area (Å²) < 4.78 is 27.1. The van der Waals surface area contributed by atoms with Crippen molar-refractivity contribution in [1.29, 1.82) is 0 Å². The van der Waals surface area contributed by atoms with Gasteiger partial charge in [0.1, 0.15) is 0 Å². The summed E-state index contributed by atoms with van der Waals surface area (Å²) in [6.07, 6.45) is 5.49. The van der Waals surface area contributed by atoms with Crippen molar-refractivity contribution in [3.8, 4) is 0 Å². The Morgan fingerprint density at radius 2 is 1.41 bits per heavy atom. The van der Waals surface area contributed by atoms with Gasteiger partial charge in [-0.3, -0.25) is 0 Å². The Hall–Kier alpha value is -0.0900. The van der Waals surface area contributed by atoms with E-state index in [1.165, 1.54) is 6.42 Å². The van der Waals surface area contributed by atoms with E-state index in [9.17, 15) is 8.42 Å². The lowest BCUT2D eigenvalue weighted by atomic mass is 9.83. The van der Waals surface area contributed by atoms with Crippen molar-refractivity contribution >= 4 is 10.0 Å². The molecule has 3 nitrogen and oxygen atoms in total. The van der Waals surface area contributed by atoms with Gasteiger partial charge in [-0.1, -0.05) is 40.0 Å². The van der Waals surface area contributed by atoms with E-state index < -0.39 is 14.8 Å². The van der Waals surface area contributed by atoms with Crippen LogP contribution >= 0.6 is 0 Å². The molecule has 0 heterocycles. The maximum Gasteiger partial charge on any atom is 0.217 e. The quantitative estimate of drug-likeness (QED) is 0.848. The highest BCUT2D eigenvalue weighted by atomic mass is 32.2. The van der Waals surface area contributed by atoms with Crippen molar-refractivity contribution in [3.63, 3.8) is 0 Å². The molecule has 1 aliphatic carbocycles. The highest BCUT2D eigenvalue weighted by Gasteiger charge is 2.45. The van der Waals surface area contributed by atoms with Crippen LogP contribution in [0.3, 0.4) is 0 Å². The number of nitrogens with one attached hydrogen (secondary N) is 1. The van der Waals surface area contributed by atoms with Crippen LogP contribution in [0.4, 0.5) is 0 Å². The van der Waals surface area contributed by atoms with Crippen LogP contribution in [-0.4, -0.2) is 19.2 Å². The zero-order valence-electron chi connectivity index (χ0n) is 11.8. The average molecular weight is 261 g/mol. The second-order valence-electron chi connectivity index (χ2n) is 6.72. The summed E-state index contributed by atoms with van der Waals surface area (Å²) in [5, 5.41) is 0. The topological polar surface area (TPSA) is 46.2 Å². The van der Waals surface area contributed by atoms with Gasteiger partial charge in [0, 0.05) is 6.04 Å². The highest BCUT2D eigenvalue weighted by molar-refractivity contribution is 7.90. The fourth-order valence-corrected chi connectivity index (χ4v) is 3.77. The van der Waals surface area contributed by atoms with Crippen LogP contribution in [0.2, 0.25) is 0 Å². The fourth-order valence-electron chi connectivity index (χ4n) is 1.99. The first-order valence-electron chi connectivity index (χ1n) is 6.60. The van der Waals surface area contributed by atoms with Crippen LogP contribution in [0.1, 0.15) is 66.7 Å². The molecule has 0 aromatic carbocycles. The summed E-state index contributed by atoms with van der Waals surface area (Å²) in [5.74, 6) is 0. The zero-order valence-corrected chi connectivity index (χ0v) is 12.7. The smallest absolute Gasteiger partial charge is 0.212 e. The third-order valence-electron chi connectivity index (χ3n) is 4.40. The van der Waals surface area contributed by atoms with Gasteiger partial charge >= 0.3 is 0 Å². The Morgan fingerprint density at radius 1 is 0.941 bits per heavy atom. The molecule has 0 amide bonds. The van der Waals surface area contributed by atoms with Crippen molar-refractivity contribution in [1.82, 2.24) is 4.72 Å². The predicted molar refractivity (Wildman–Crippen MR) is 72.5 cm³/mol. The molecule has 0 aromatic rings. The molecule has 0 aliphatic heterocycles. The summed E-state index contributed by atoms with van der Waals surface area (Å²) in [7, 11) is -3.27. The van der Waals surface area contributed by atoms with E-state index in [2.05, 4.69) is 4.72 Å². The first-order chi connectivity index (χ1) is 7.58. The molecule has 0 atom stereocenters. The second-order valence-corrected chi connectivity index (χ2v) is 8.98. The molecule has 0 spiro atoms. The molecule has 0 saturated heterocycles. The Bertz CT molecular complexity index is 346. The largest absolute Gasteiger partial charge is 0.217 e. The molecule has 0 bridgehead atoms. The Kier molecular flexibility index (Phi) is 4.30. The summed E-state index contributed by atoms with van der Waals surface area (Å²) >= 11 is 0. The monoisotopic (exact) mass is 261 g/mol.